The molecule has 108 valence electrons. The SMILES string of the molecule is CCCCNCCOc1ccc(C(C)(C)CC)cc1. The summed E-state index contributed by atoms with van der Waals surface area (Å²) in [5.74, 6) is 0.966. The van der Waals surface area contributed by atoms with Gasteiger partial charge in [-0.2, -0.15) is 0 Å². The van der Waals surface area contributed by atoms with Crippen LogP contribution in [0.25, 0.3) is 0 Å². The van der Waals surface area contributed by atoms with Crippen molar-refractivity contribution in [3.05, 3.63) is 29.8 Å². The highest BCUT2D eigenvalue weighted by atomic mass is 16.5. The van der Waals surface area contributed by atoms with Crippen molar-refractivity contribution < 1.29 is 4.74 Å². The molecule has 0 saturated carbocycles. The molecule has 0 aliphatic heterocycles. The number of unbranched alkanes of at least 4 members (excludes halogenated alkanes) is 1. The van der Waals surface area contributed by atoms with Crippen molar-refractivity contribution in [2.75, 3.05) is 19.7 Å². The Bertz CT molecular complexity index is 343. The van der Waals surface area contributed by atoms with Crippen molar-refractivity contribution in [1.29, 1.82) is 0 Å². The van der Waals surface area contributed by atoms with Crippen molar-refractivity contribution in [2.24, 2.45) is 0 Å². The second kappa shape index (κ2) is 8.21. The monoisotopic (exact) mass is 263 g/mol. The van der Waals surface area contributed by atoms with E-state index in [-0.39, 0.29) is 5.41 Å². The molecule has 0 radical (unpaired) electrons. The summed E-state index contributed by atoms with van der Waals surface area (Å²) in [4.78, 5) is 0. The molecule has 1 rings (SSSR count). The Labute approximate surface area is 118 Å². The van der Waals surface area contributed by atoms with Crippen molar-refractivity contribution in [2.45, 2.75) is 52.4 Å². The third kappa shape index (κ3) is 5.65. The lowest BCUT2D eigenvalue weighted by molar-refractivity contribution is 0.313. The number of rotatable bonds is 9. The highest BCUT2D eigenvalue weighted by molar-refractivity contribution is 5.31. The van der Waals surface area contributed by atoms with Crippen LogP contribution in [0.15, 0.2) is 24.3 Å². The van der Waals surface area contributed by atoms with Gasteiger partial charge in [0.15, 0.2) is 0 Å². The van der Waals surface area contributed by atoms with Crippen LogP contribution in [0.3, 0.4) is 0 Å². The van der Waals surface area contributed by atoms with Gasteiger partial charge in [-0.3, -0.25) is 0 Å². The van der Waals surface area contributed by atoms with Crippen LogP contribution < -0.4 is 10.1 Å². The van der Waals surface area contributed by atoms with Gasteiger partial charge in [0.05, 0.1) is 0 Å². The molecule has 2 heteroatoms. The summed E-state index contributed by atoms with van der Waals surface area (Å²) >= 11 is 0. The van der Waals surface area contributed by atoms with Gasteiger partial charge in [-0.1, -0.05) is 46.2 Å². The predicted octanol–water partition coefficient (Wildman–Crippen LogP) is 4.14. The lowest BCUT2D eigenvalue weighted by atomic mass is 9.82. The Balaban J connectivity index is 2.32. The van der Waals surface area contributed by atoms with E-state index < -0.39 is 0 Å². The number of nitrogens with one attached hydrogen (secondary N) is 1. The molecule has 0 fully saturated rings. The molecular weight excluding hydrogens is 234 g/mol. The average molecular weight is 263 g/mol. The Hall–Kier alpha value is -1.02. The Morgan fingerprint density at radius 3 is 2.32 bits per heavy atom. The fourth-order valence-electron chi connectivity index (χ4n) is 1.87. The summed E-state index contributed by atoms with van der Waals surface area (Å²) < 4.78 is 5.73. The molecular formula is C17H29NO. The van der Waals surface area contributed by atoms with Crippen LogP contribution >= 0.6 is 0 Å². The van der Waals surface area contributed by atoms with Gasteiger partial charge >= 0.3 is 0 Å². The number of hydrogen-bond acceptors (Lipinski definition) is 2. The molecule has 19 heavy (non-hydrogen) atoms. The van der Waals surface area contributed by atoms with Crippen LogP contribution in [0.4, 0.5) is 0 Å². The third-order valence-corrected chi connectivity index (χ3v) is 3.77. The molecule has 0 bridgehead atoms. The third-order valence-electron chi connectivity index (χ3n) is 3.77. The molecule has 0 atom stereocenters. The molecule has 1 aromatic carbocycles. The summed E-state index contributed by atoms with van der Waals surface area (Å²) in [6.07, 6.45) is 3.62. The highest BCUT2D eigenvalue weighted by Crippen LogP contribution is 2.27. The minimum absolute atomic E-state index is 0.250. The van der Waals surface area contributed by atoms with Gasteiger partial charge < -0.3 is 10.1 Å². The van der Waals surface area contributed by atoms with Crippen molar-refractivity contribution in [3.8, 4) is 5.75 Å². The summed E-state index contributed by atoms with van der Waals surface area (Å²) in [6.45, 7) is 11.7. The normalized spacial score (nSPS) is 11.6. The topological polar surface area (TPSA) is 21.3 Å². The number of benzene rings is 1. The van der Waals surface area contributed by atoms with E-state index in [4.69, 9.17) is 4.74 Å². The molecule has 1 aromatic rings. The summed E-state index contributed by atoms with van der Waals surface area (Å²) in [5, 5.41) is 3.38. The maximum Gasteiger partial charge on any atom is 0.119 e. The smallest absolute Gasteiger partial charge is 0.119 e. The minimum Gasteiger partial charge on any atom is -0.492 e. The van der Waals surface area contributed by atoms with Crippen molar-refractivity contribution in [3.63, 3.8) is 0 Å². The first-order chi connectivity index (χ1) is 9.10. The molecule has 0 spiro atoms. The average Bonchev–Trinajstić information content (AvgIpc) is 2.43. The molecule has 0 heterocycles. The van der Waals surface area contributed by atoms with E-state index in [9.17, 15) is 0 Å². The van der Waals surface area contributed by atoms with Gasteiger partial charge in [0.1, 0.15) is 12.4 Å². The van der Waals surface area contributed by atoms with Gasteiger partial charge in [-0.15, -0.1) is 0 Å². The molecule has 0 unspecified atom stereocenters. The lowest BCUT2D eigenvalue weighted by Crippen LogP contribution is -2.22. The first-order valence-corrected chi connectivity index (χ1v) is 7.54. The van der Waals surface area contributed by atoms with Crippen LogP contribution in [0, 0.1) is 0 Å². The Morgan fingerprint density at radius 1 is 1.05 bits per heavy atom. The van der Waals surface area contributed by atoms with Crippen LogP contribution in [0.1, 0.15) is 52.5 Å². The number of ether oxygens (including phenoxy) is 1. The van der Waals surface area contributed by atoms with E-state index in [0.717, 1.165) is 31.9 Å². The first-order valence-electron chi connectivity index (χ1n) is 7.54. The summed E-state index contributed by atoms with van der Waals surface area (Å²) in [6, 6.07) is 8.53. The molecule has 0 aliphatic carbocycles. The van der Waals surface area contributed by atoms with Crippen LogP contribution in [0.2, 0.25) is 0 Å². The Morgan fingerprint density at radius 2 is 1.74 bits per heavy atom. The molecule has 0 saturated heterocycles. The van der Waals surface area contributed by atoms with Crippen LogP contribution in [-0.4, -0.2) is 19.7 Å². The van der Waals surface area contributed by atoms with E-state index in [1.807, 2.05) is 0 Å². The van der Waals surface area contributed by atoms with Gasteiger partial charge in [-0.05, 0) is 42.5 Å². The maximum absolute atomic E-state index is 5.73. The van der Waals surface area contributed by atoms with E-state index in [1.54, 1.807) is 0 Å². The predicted molar refractivity (Wildman–Crippen MR) is 83.0 cm³/mol. The van der Waals surface area contributed by atoms with E-state index >= 15 is 0 Å². The van der Waals surface area contributed by atoms with Crippen LogP contribution in [0.5, 0.6) is 5.75 Å². The molecule has 0 aliphatic rings. The van der Waals surface area contributed by atoms with Crippen LogP contribution in [-0.2, 0) is 5.41 Å². The zero-order chi connectivity index (χ0) is 14.1. The van der Waals surface area contributed by atoms with Gasteiger partial charge in [-0.25, -0.2) is 0 Å². The molecule has 2 nitrogen and oxygen atoms in total. The van der Waals surface area contributed by atoms with Crippen molar-refractivity contribution >= 4 is 0 Å². The summed E-state index contributed by atoms with van der Waals surface area (Å²) in [5.41, 5.74) is 1.63. The van der Waals surface area contributed by atoms with Gasteiger partial charge in [0.2, 0.25) is 0 Å². The molecule has 0 amide bonds. The van der Waals surface area contributed by atoms with E-state index in [0.29, 0.717) is 0 Å². The maximum atomic E-state index is 5.73. The van der Waals surface area contributed by atoms with E-state index in [1.165, 1.54) is 18.4 Å². The molecule has 1 N–H and O–H groups in total. The standard InChI is InChI=1S/C17H29NO/c1-5-7-12-18-13-14-19-16-10-8-15(9-11-16)17(3,4)6-2/h8-11,18H,5-7,12-14H2,1-4H3. The Kier molecular flexibility index (Phi) is 6.93. The van der Waals surface area contributed by atoms with E-state index in [2.05, 4.69) is 57.3 Å². The second-order valence-corrected chi connectivity index (χ2v) is 5.71. The first kappa shape index (κ1) is 16.0. The van der Waals surface area contributed by atoms with Gasteiger partial charge in [0, 0.05) is 6.54 Å². The summed E-state index contributed by atoms with van der Waals surface area (Å²) in [7, 11) is 0. The lowest BCUT2D eigenvalue weighted by Gasteiger charge is -2.23. The highest BCUT2D eigenvalue weighted by Gasteiger charge is 2.17. The largest absolute Gasteiger partial charge is 0.492 e. The van der Waals surface area contributed by atoms with Gasteiger partial charge in [0.25, 0.3) is 0 Å². The zero-order valence-electron chi connectivity index (χ0n) is 13.0. The zero-order valence-corrected chi connectivity index (χ0v) is 13.0. The number of hydrogen-bond donors (Lipinski definition) is 1. The molecule has 0 aromatic heterocycles. The quantitative estimate of drug-likeness (QED) is 0.676. The second-order valence-electron chi connectivity index (χ2n) is 5.71. The fourth-order valence-corrected chi connectivity index (χ4v) is 1.87. The van der Waals surface area contributed by atoms with Crippen molar-refractivity contribution in [1.82, 2.24) is 5.32 Å². The minimum atomic E-state index is 0.250. The fraction of sp³-hybridized carbons (Fsp3) is 0.647.